The summed E-state index contributed by atoms with van der Waals surface area (Å²) in [7, 11) is 0. The summed E-state index contributed by atoms with van der Waals surface area (Å²) in [5.74, 6) is -0.0120. The molecule has 1 aliphatic heterocycles. The van der Waals surface area contributed by atoms with Crippen LogP contribution in [0.3, 0.4) is 0 Å². The second-order valence-corrected chi connectivity index (χ2v) is 5.56. The van der Waals surface area contributed by atoms with E-state index in [0.717, 1.165) is 30.6 Å². The largest absolute Gasteiger partial charge is 0.492 e. The van der Waals surface area contributed by atoms with E-state index >= 15 is 0 Å². The lowest BCUT2D eigenvalue weighted by Crippen LogP contribution is -2.34. The zero-order valence-electron chi connectivity index (χ0n) is 12.8. The highest BCUT2D eigenvalue weighted by Crippen LogP contribution is 2.29. The van der Waals surface area contributed by atoms with Crippen molar-refractivity contribution < 1.29 is 13.9 Å². The number of primary amides is 1. The molecule has 0 unspecified atom stereocenters. The number of nitrogens with zero attached hydrogens (tertiary/aromatic N) is 1. The number of amides is 1. The molecular weight excluding hydrogens is 295 g/mol. The maximum atomic E-state index is 12.9. The van der Waals surface area contributed by atoms with Gasteiger partial charge in [0, 0.05) is 17.8 Å². The summed E-state index contributed by atoms with van der Waals surface area (Å²) in [4.78, 5) is 13.8. The predicted molar refractivity (Wildman–Crippen MR) is 87.4 cm³/mol. The number of carbonyl (C=O) groups is 1. The van der Waals surface area contributed by atoms with Crippen LogP contribution in [0.25, 0.3) is 0 Å². The Kier molecular flexibility index (Phi) is 4.46. The Hall–Kier alpha value is -2.56. The summed E-state index contributed by atoms with van der Waals surface area (Å²) < 4.78 is 18.5. The van der Waals surface area contributed by atoms with Gasteiger partial charge in [0.15, 0.2) is 0 Å². The molecule has 0 spiro atoms. The van der Waals surface area contributed by atoms with Gasteiger partial charge in [0.05, 0.1) is 6.54 Å². The van der Waals surface area contributed by atoms with Crippen LogP contribution < -0.4 is 15.4 Å². The van der Waals surface area contributed by atoms with E-state index in [0.29, 0.717) is 24.5 Å². The van der Waals surface area contributed by atoms with E-state index in [9.17, 15) is 9.18 Å². The zero-order chi connectivity index (χ0) is 16.2. The number of carbonyl (C=O) groups excluding carboxylic acids is 1. The Morgan fingerprint density at radius 1 is 1.22 bits per heavy atom. The van der Waals surface area contributed by atoms with Crippen LogP contribution in [0, 0.1) is 5.82 Å². The molecule has 0 aromatic heterocycles. The Morgan fingerprint density at radius 2 is 2.00 bits per heavy atom. The molecule has 3 rings (SSSR count). The average molecular weight is 314 g/mol. The molecule has 0 saturated carbocycles. The molecule has 1 amide bonds. The molecule has 0 aliphatic carbocycles. The van der Waals surface area contributed by atoms with Crippen molar-refractivity contribution in [1.82, 2.24) is 0 Å². The van der Waals surface area contributed by atoms with Crippen molar-refractivity contribution in [2.45, 2.75) is 12.8 Å². The smallest absolute Gasteiger partial charge is 0.249 e. The molecule has 2 aromatic carbocycles. The normalized spacial score (nSPS) is 13.5. The monoisotopic (exact) mass is 314 g/mol. The predicted octanol–water partition coefficient (Wildman–Crippen LogP) is 2.76. The summed E-state index contributed by atoms with van der Waals surface area (Å²) in [6.07, 6.45) is 1.84. The molecule has 2 aromatic rings. The molecule has 23 heavy (non-hydrogen) atoms. The molecule has 0 atom stereocenters. The van der Waals surface area contributed by atoms with Gasteiger partial charge in [-0.05, 0) is 54.8 Å². The van der Waals surface area contributed by atoms with Crippen LogP contribution in [0.15, 0.2) is 42.5 Å². The Bertz CT molecular complexity index is 701. The van der Waals surface area contributed by atoms with Crippen molar-refractivity contribution in [2.24, 2.45) is 5.73 Å². The van der Waals surface area contributed by atoms with E-state index in [1.54, 1.807) is 18.2 Å². The van der Waals surface area contributed by atoms with E-state index in [4.69, 9.17) is 10.5 Å². The third-order valence-electron chi connectivity index (χ3n) is 4.06. The number of anilines is 1. The lowest BCUT2D eigenvalue weighted by Gasteiger charge is -2.32. The fourth-order valence-electron chi connectivity index (χ4n) is 2.97. The summed E-state index contributed by atoms with van der Waals surface area (Å²) >= 11 is 0. The molecule has 2 N–H and O–H groups in total. The molecule has 0 bridgehead atoms. The summed E-state index contributed by atoms with van der Waals surface area (Å²) in [6, 6.07) is 11.6. The van der Waals surface area contributed by atoms with Gasteiger partial charge in [-0.1, -0.05) is 6.07 Å². The number of ether oxygens (including phenoxy) is 1. The van der Waals surface area contributed by atoms with Crippen molar-refractivity contribution in [2.75, 3.05) is 24.6 Å². The maximum Gasteiger partial charge on any atom is 0.249 e. The zero-order valence-corrected chi connectivity index (χ0v) is 12.8. The number of fused-ring (bicyclic) bond motifs is 1. The number of nitrogens with two attached hydrogens (primary N) is 1. The minimum Gasteiger partial charge on any atom is -0.492 e. The van der Waals surface area contributed by atoms with Gasteiger partial charge >= 0.3 is 0 Å². The van der Waals surface area contributed by atoms with Gasteiger partial charge in [0.25, 0.3) is 0 Å². The third-order valence-corrected chi connectivity index (χ3v) is 4.06. The van der Waals surface area contributed by atoms with Gasteiger partial charge in [0.2, 0.25) is 5.91 Å². The summed E-state index contributed by atoms with van der Waals surface area (Å²) in [5, 5.41) is 0. The second-order valence-electron chi connectivity index (χ2n) is 5.56. The second kappa shape index (κ2) is 6.69. The Morgan fingerprint density at radius 3 is 2.74 bits per heavy atom. The Balaban J connectivity index is 1.67. The molecule has 1 aliphatic rings. The Labute approximate surface area is 134 Å². The third kappa shape index (κ3) is 3.44. The minimum atomic E-state index is -0.383. The van der Waals surface area contributed by atoms with Crippen molar-refractivity contribution in [1.29, 1.82) is 0 Å². The first-order valence-corrected chi connectivity index (χ1v) is 7.70. The molecule has 0 radical (unpaired) electrons. The highest BCUT2D eigenvalue weighted by Gasteiger charge is 2.20. The number of hydrogen-bond acceptors (Lipinski definition) is 3. The van der Waals surface area contributed by atoms with Crippen LogP contribution >= 0.6 is 0 Å². The number of hydrogen-bond donors (Lipinski definition) is 1. The molecular formula is C18H19FN2O2. The standard InChI is InChI=1S/C18H19FN2O2/c19-13-6-8-14(9-7-13)23-12-11-21-10-2-4-15-16(18(20)22)3-1-5-17(15)21/h1,3,5-9H,2,4,10-12H2,(H2,20,22). The number of rotatable bonds is 5. The van der Waals surface area contributed by atoms with Crippen LogP contribution in [0.2, 0.25) is 0 Å². The van der Waals surface area contributed by atoms with Gasteiger partial charge in [-0.15, -0.1) is 0 Å². The average Bonchev–Trinajstić information content (AvgIpc) is 2.56. The van der Waals surface area contributed by atoms with Gasteiger partial charge in [-0.2, -0.15) is 0 Å². The highest BCUT2D eigenvalue weighted by molar-refractivity contribution is 5.96. The van der Waals surface area contributed by atoms with Crippen molar-refractivity contribution in [3.63, 3.8) is 0 Å². The fraction of sp³-hybridized carbons (Fsp3) is 0.278. The number of benzene rings is 2. The van der Waals surface area contributed by atoms with Crippen molar-refractivity contribution in [3.8, 4) is 5.75 Å². The lowest BCUT2D eigenvalue weighted by molar-refractivity contribution is 0.0999. The SMILES string of the molecule is NC(=O)c1cccc2c1CCCN2CCOc1ccc(F)cc1. The van der Waals surface area contributed by atoms with Crippen molar-refractivity contribution in [3.05, 3.63) is 59.4 Å². The van der Waals surface area contributed by atoms with E-state index < -0.39 is 0 Å². The van der Waals surface area contributed by atoms with Crippen LogP contribution in [0.4, 0.5) is 10.1 Å². The first-order valence-electron chi connectivity index (χ1n) is 7.70. The van der Waals surface area contributed by atoms with Gasteiger partial charge in [-0.25, -0.2) is 4.39 Å². The molecule has 4 nitrogen and oxygen atoms in total. The summed E-state index contributed by atoms with van der Waals surface area (Å²) in [6.45, 7) is 2.11. The van der Waals surface area contributed by atoms with Crippen LogP contribution in [-0.4, -0.2) is 25.6 Å². The first-order chi connectivity index (χ1) is 11.1. The van der Waals surface area contributed by atoms with Crippen LogP contribution in [0.5, 0.6) is 5.75 Å². The van der Waals surface area contributed by atoms with Gasteiger partial charge in [-0.3, -0.25) is 4.79 Å². The van der Waals surface area contributed by atoms with Gasteiger partial charge < -0.3 is 15.4 Å². The first kappa shape index (κ1) is 15.3. The maximum absolute atomic E-state index is 12.9. The van der Waals surface area contributed by atoms with Crippen molar-refractivity contribution >= 4 is 11.6 Å². The quantitative estimate of drug-likeness (QED) is 0.923. The molecule has 0 fully saturated rings. The van der Waals surface area contributed by atoms with E-state index in [2.05, 4.69) is 4.90 Å². The lowest BCUT2D eigenvalue weighted by atomic mass is 9.96. The molecule has 1 heterocycles. The van der Waals surface area contributed by atoms with E-state index in [1.807, 2.05) is 12.1 Å². The van der Waals surface area contributed by atoms with E-state index in [1.165, 1.54) is 12.1 Å². The summed E-state index contributed by atoms with van der Waals surface area (Å²) in [5.41, 5.74) is 8.13. The van der Waals surface area contributed by atoms with E-state index in [-0.39, 0.29) is 11.7 Å². The topological polar surface area (TPSA) is 55.6 Å². The molecule has 0 saturated heterocycles. The highest BCUT2D eigenvalue weighted by atomic mass is 19.1. The fourth-order valence-corrected chi connectivity index (χ4v) is 2.97. The van der Waals surface area contributed by atoms with Crippen LogP contribution in [0.1, 0.15) is 22.3 Å². The van der Waals surface area contributed by atoms with Gasteiger partial charge in [0.1, 0.15) is 18.2 Å². The minimum absolute atomic E-state index is 0.277. The number of halogens is 1. The van der Waals surface area contributed by atoms with Crippen LogP contribution in [-0.2, 0) is 6.42 Å². The molecule has 120 valence electrons. The molecule has 5 heteroatoms.